The molecule has 0 aromatic carbocycles. The van der Waals surface area contributed by atoms with E-state index in [1.807, 2.05) is 23.0 Å². The van der Waals surface area contributed by atoms with Crippen molar-refractivity contribution < 1.29 is 9.90 Å². The molecule has 2 rings (SSSR count). The Morgan fingerprint density at radius 3 is 2.80 bits per heavy atom. The summed E-state index contributed by atoms with van der Waals surface area (Å²) in [6, 6.07) is 2.28. The van der Waals surface area contributed by atoms with E-state index >= 15 is 0 Å². The number of carboxylic acid groups (broad SMARTS) is 1. The van der Waals surface area contributed by atoms with Gasteiger partial charge in [0.1, 0.15) is 4.88 Å². The molecule has 0 aliphatic carbocycles. The topological polar surface area (TPSA) is 53.4 Å². The molecule has 108 valence electrons. The smallest absolute Gasteiger partial charge is 0.346 e. The molecule has 0 atom stereocenters. The molecule has 20 heavy (non-hydrogen) atoms. The number of hydrogen-bond donors (Lipinski definition) is 1. The van der Waals surface area contributed by atoms with Gasteiger partial charge in [-0.2, -0.15) is 0 Å². The molecule has 2 heterocycles. The predicted molar refractivity (Wildman–Crippen MR) is 82.6 cm³/mol. The van der Waals surface area contributed by atoms with Crippen molar-refractivity contribution in [2.24, 2.45) is 0 Å². The van der Waals surface area contributed by atoms with Crippen molar-refractivity contribution in [2.45, 2.75) is 32.9 Å². The molecule has 0 bridgehead atoms. The fourth-order valence-electron chi connectivity index (χ4n) is 2.00. The number of thiazole rings is 1. The molecule has 0 aliphatic heterocycles. The Labute approximate surface area is 126 Å². The van der Waals surface area contributed by atoms with Crippen molar-refractivity contribution in [2.75, 3.05) is 6.54 Å². The van der Waals surface area contributed by atoms with Crippen molar-refractivity contribution in [1.82, 2.24) is 9.88 Å². The summed E-state index contributed by atoms with van der Waals surface area (Å²) < 4.78 is 0. The number of aromatic carboxylic acids is 1. The Hall–Kier alpha value is -1.24. The predicted octanol–water partition coefficient (Wildman–Crippen LogP) is 3.36. The number of carbonyl (C=O) groups is 1. The lowest BCUT2D eigenvalue weighted by atomic mass is 10.2. The zero-order valence-corrected chi connectivity index (χ0v) is 13.2. The molecule has 0 unspecified atom stereocenters. The van der Waals surface area contributed by atoms with E-state index < -0.39 is 5.97 Å². The first kappa shape index (κ1) is 15.2. The summed E-state index contributed by atoms with van der Waals surface area (Å²) >= 11 is 2.95. The van der Waals surface area contributed by atoms with Gasteiger partial charge >= 0.3 is 5.97 Å². The van der Waals surface area contributed by atoms with Crippen molar-refractivity contribution in [1.29, 1.82) is 0 Å². The Morgan fingerprint density at radius 2 is 2.20 bits per heavy atom. The van der Waals surface area contributed by atoms with Gasteiger partial charge in [0.05, 0.1) is 5.01 Å². The van der Waals surface area contributed by atoms with E-state index in [1.54, 1.807) is 11.3 Å². The van der Waals surface area contributed by atoms with Crippen molar-refractivity contribution in [3.63, 3.8) is 0 Å². The van der Waals surface area contributed by atoms with Crippen LogP contribution in [0.5, 0.6) is 0 Å². The van der Waals surface area contributed by atoms with Crippen LogP contribution in [0.25, 0.3) is 0 Å². The van der Waals surface area contributed by atoms with Crippen LogP contribution in [0.4, 0.5) is 0 Å². The average molecular weight is 310 g/mol. The summed E-state index contributed by atoms with van der Waals surface area (Å²) in [4.78, 5) is 18.2. The molecule has 0 amide bonds. The molecule has 0 saturated carbocycles. The van der Waals surface area contributed by atoms with Gasteiger partial charge in [-0.3, -0.25) is 4.90 Å². The number of carboxylic acids is 1. The first-order valence-electron chi connectivity index (χ1n) is 6.50. The molecule has 0 saturated heterocycles. The summed E-state index contributed by atoms with van der Waals surface area (Å²) in [5.74, 6) is -0.835. The molecule has 0 aliphatic rings. The number of thiophene rings is 1. The van der Waals surface area contributed by atoms with Crippen LogP contribution in [-0.4, -0.2) is 33.5 Å². The third kappa shape index (κ3) is 3.88. The maximum atomic E-state index is 11.2. The SMILES string of the molecule is CC(C)N(CCc1nccs1)Cc1ccsc1C(=O)O. The highest BCUT2D eigenvalue weighted by atomic mass is 32.1. The van der Waals surface area contributed by atoms with Crippen LogP contribution < -0.4 is 0 Å². The van der Waals surface area contributed by atoms with Crippen LogP contribution in [0, 0.1) is 0 Å². The van der Waals surface area contributed by atoms with Crippen molar-refractivity contribution >= 4 is 28.6 Å². The second-order valence-corrected chi connectivity index (χ2v) is 6.72. The van der Waals surface area contributed by atoms with E-state index in [2.05, 4.69) is 23.7 Å². The lowest BCUT2D eigenvalue weighted by Crippen LogP contribution is -2.32. The van der Waals surface area contributed by atoms with E-state index in [0.29, 0.717) is 17.5 Å². The molecule has 2 aromatic heterocycles. The Morgan fingerprint density at radius 1 is 1.40 bits per heavy atom. The van der Waals surface area contributed by atoms with E-state index in [1.165, 1.54) is 11.3 Å². The highest BCUT2D eigenvalue weighted by Crippen LogP contribution is 2.20. The molecule has 4 nitrogen and oxygen atoms in total. The zero-order chi connectivity index (χ0) is 14.5. The normalized spacial score (nSPS) is 11.4. The van der Waals surface area contributed by atoms with Crippen LogP contribution in [0.15, 0.2) is 23.0 Å². The molecule has 2 aromatic rings. The summed E-state index contributed by atoms with van der Waals surface area (Å²) in [6.45, 7) is 5.83. The van der Waals surface area contributed by atoms with Gasteiger partial charge in [-0.25, -0.2) is 9.78 Å². The summed E-state index contributed by atoms with van der Waals surface area (Å²) in [7, 11) is 0. The molecular formula is C14H18N2O2S2. The summed E-state index contributed by atoms with van der Waals surface area (Å²) in [5, 5.41) is 14.1. The minimum atomic E-state index is -0.835. The van der Waals surface area contributed by atoms with Gasteiger partial charge in [0.25, 0.3) is 0 Å². The molecule has 6 heteroatoms. The van der Waals surface area contributed by atoms with Crippen molar-refractivity contribution in [3.8, 4) is 0 Å². The highest BCUT2D eigenvalue weighted by molar-refractivity contribution is 7.12. The van der Waals surface area contributed by atoms with Gasteiger partial charge in [0.15, 0.2) is 0 Å². The quantitative estimate of drug-likeness (QED) is 0.852. The number of nitrogens with zero attached hydrogens (tertiary/aromatic N) is 2. The number of aromatic nitrogens is 1. The van der Waals surface area contributed by atoms with Gasteiger partial charge in [0, 0.05) is 37.1 Å². The minimum Gasteiger partial charge on any atom is -0.477 e. The zero-order valence-electron chi connectivity index (χ0n) is 11.6. The third-order valence-electron chi connectivity index (χ3n) is 3.14. The van der Waals surface area contributed by atoms with E-state index in [4.69, 9.17) is 5.11 Å². The highest BCUT2D eigenvalue weighted by Gasteiger charge is 2.17. The molecule has 1 N–H and O–H groups in total. The standard InChI is InChI=1S/C14H18N2O2S2/c1-10(2)16(6-3-12-15-5-8-19-12)9-11-4-7-20-13(11)14(17)18/h4-5,7-8,10H,3,6,9H2,1-2H3,(H,17,18). The lowest BCUT2D eigenvalue weighted by Gasteiger charge is -2.26. The van der Waals surface area contributed by atoms with E-state index in [0.717, 1.165) is 23.5 Å². The molecule has 0 radical (unpaired) electrons. The Bertz CT molecular complexity index is 549. The molecular weight excluding hydrogens is 292 g/mol. The fourth-order valence-corrected chi connectivity index (χ4v) is 3.36. The molecule has 0 spiro atoms. The fraction of sp³-hybridized carbons (Fsp3) is 0.429. The van der Waals surface area contributed by atoms with Gasteiger partial charge in [-0.1, -0.05) is 0 Å². The minimum absolute atomic E-state index is 0.372. The third-order valence-corrected chi connectivity index (χ3v) is 4.93. The van der Waals surface area contributed by atoms with Crippen LogP contribution >= 0.6 is 22.7 Å². The van der Waals surface area contributed by atoms with Crippen LogP contribution in [-0.2, 0) is 13.0 Å². The molecule has 0 fully saturated rings. The Kier molecular flexibility index (Phi) is 5.28. The van der Waals surface area contributed by atoms with Crippen LogP contribution in [0.3, 0.4) is 0 Å². The van der Waals surface area contributed by atoms with Crippen molar-refractivity contribution in [3.05, 3.63) is 38.5 Å². The van der Waals surface area contributed by atoms with E-state index in [-0.39, 0.29) is 0 Å². The number of hydrogen-bond acceptors (Lipinski definition) is 5. The van der Waals surface area contributed by atoms with Gasteiger partial charge in [0.2, 0.25) is 0 Å². The maximum Gasteiger partial charge on any atom is 0.346 e. The first-order valence-corrected chi connectivity index (χ1v) is 8.26. The largest absolute Gasteiger partial charge is 0.477 e. The van der Waals surface area contributed by atoms with Gasteiger partial charge < -0.3 is 5.11 Å². The van der Waals surface area contributed by atoms with Gasteiger partial charge in [-0.15, -0.1) is 22.7 Å². The lowest BCUT2D eigenvalue weighted by molar-refractivity contribution is 0.0699. The summed E-state index contributed by atoms with van der Waals surface area (Å²) in [6.07, 6.45) is 2.73. The Balaban J connectivity index is 2.01. The van der Waals surface area contributed by atoms with Crippen LogP contribution in [0.2, 0.25) is 0 Å². The average Bonchev–Trinajstić information content (AvgIpc) is 3.05. The maximum absolute atomic E-state index is 11.2. The van der Waals surface area contributed by atoms with Gasteiger partial charge in [-0.05, 0) is 30.9 Å². The second-order valence-electron chi connectivity index (χ2n) is 4.82. The first-order chi connectivity index (χ1) is 9.58. The van der Waals surface area contributed by atoms with E-state index in [9.17, 15) is 4.79 Å². The van der Waals surface area contributed by atoms with Crippen LogP contribution in [0.1, 0.15) is 34.1 Å². The summed E-state index contributed by atoms with van der Waals surface area (Å²) in [5.41, 5.74) is 0.898. The second kappa shape index (κ2) is 6.97. The number of rotatable bonds is 7. The monoisotopic (exact) mass is 310 g/mol.